The van der Waals surface area contributed by atoms with E-state index >= 15 is 0 Å². The van der Waals surface area contributed by atoms with Crippen LogP contribution in [0.25, 0.3) is 21.9 Å². The highest BCUT2D eigenvalue weighted by molar-refractivity contribution is 6.18. The van der Waals surface area contributed by atoms with Gasteiger partial charge in [0.1, 0.15) is 5.75 Å². The molecule has 0 saturated heterocycles. The zero-order valence-corrected chi connectivity index (χ0v) is 14.3. The summed E-state index contributed by atoms with van der Waals surface area (Å²) >= 11 is 5.62. The van der Waals surface area contributed by atoms with E-state index in [1.807, 2.05) is 24.3 Å². The average molecular weight is 342 g/mol. The molecule has 1 atom stereocenters. The number of alkyl halides is 1. The maximum atomic E-state index is 9.56. The number of fused-ring (bicyclic) bond motifs is 1. The summed E-state index contributed by atoms with van der Waals surface area (Å²) in [5, 5.41) is 15.1. The summed E-state index contributed by atoms with van der Waals surface area (Å²) in [6.45, 7) is 0.435. The number of hydrogen-bond donors (Lipinski definition) is 2. The summed E-state index contributed by atoms with van der Waals surface area (Å²) < 4.78 is 5.27. The molecule has 124 valence electrons. The second-order valence-corrected chi connectivity index (χ2v) is 6.01. The molecule has 0 aliphatic carbocycles. The number of nitrogens with one attached hydrogen (secondary N) is 1. The third-order valence-corrected chi connectivity index (χ3v) is 4.32. The van der Waals surface area contributed by atoms with Crippen molar-refractivity contribution in [2.45, 2.75) is 6.10 Å². The Morgan fingerprint density at radius 3 is 2.54 bits per heavy atom. The molecule has 0 bridgehead atoms. The van der Waals surface area contributed by atoms with Crippen molar-refractivity contribution in [3.05, 3.63) is 60.7 Å². The van der Waals surface area contributed by atoms with Crippen molar-refractivity contribution >= 4 is 28.1 Å². The fourth-order valence-electron chi connectivity index (χ4n) is 2.63. The van der Waals surface area contributed by atoms with Crippen molar-refractivity contribution in [2.24, 2.45) is 0 Å². The molecule has 0 amide bonds. The summed E-state index contributed by atoms with van der Waals surface area (Å²) in [7, 11) is 1.68. The second kappa shape index (κ2) is 7.56. The Morgan fingerprint density at radius 1 is 1.00 bits per heavy atom. The largest absolute Gasteiger partial charge is 0.497 e. The van der Waals surface area contributed by atoms with Gasteiger partial charge in [-0.15, -0.1) is 11.6 Å². The molecule has 3 aromatic rings. The van der Waals surface area contributed by atoms with Crippen molar-refractivity contribution in [1.82, 2.24) is 0 Å². The van der Waals surface area contributed by atoms with Gasteiger partial charge < -0.3 is 15.2 Å². The van der Waals surface area contributed by atoms with Gasteiger partial charge in [-0.3, -0.25) is 0 Å². The summed E-state index contributed by atoms with van der Waals surface area (Å²) in [5.74, 6) is 1.08. The molecule has 3 rings (SSSR count). The molecule has 0 spiro atoms. The lowest BCUT2D eigenvalue weighted by molar-refractivity contribution is 0.211. The van der Waals surface area contributed by atoms with Gasteiger partial charge in [0.15, 0.2) is 0 Å². The zero-order chi connectivity index (χ0) is 16.9. The van der Waals surface area contributed by atoms with Gasteiger partial charge >= 0.3 is 0 Å². The zero-order valence-electron chi connectivity index (χ0n) is 13.5. The predicted molar refractivity (Wildman–Crippen MR) is 101 cm³/mol. The van der Waals surface area contributed by atoms with Crippen LogP contribution >= 0.6 is 11.6 Å². The first-order chi connectivity index (χ1) is 11.7. The van der Waals surface area contributed by atoms with Gasteiger partial charge in [0, 0.05) is 12.2 Å². The van der Waals surface area contributed by atoms with Crippen LogP contribution in [0.3, 0.4) is 0 Å². The van der Waals surface area contributed by atoms with Crippen LogP contribution in [0.1, 0.15) is 0 Å². The minimum atomic E-state index is -0.550. The number of methoxy groups -OCH3 is 1. The number of aliphatic hydroxyl groups excluding tert-OH is 1. The van der Waals surface area contributed by atoms with Crippen molar-refractivity contribution in [3.8, 4) is 16.9 Å². The van der Waals surface area contributed by atoms with E-state index in [1.165, 1.54) is 5.39 Å². The van der Waals surface area contributed by atoms with Gasteiger partial charge in [0.25, 0.3) is 0 Å². The molecule has 3 aromatic carbocycles. The topological polar surface area (TPSA) is 41.5 Å². The first-order valence-electron chi connectivity index (χ1n) is 7.86. The van der Waals surface area contributed by atoms with Crippen LogP contribution in [0, 0.1) is 0 Å². The molecule has 24 heavy (non-hydrogen) atoms. The fraction of sp³-hybridized carbons (Fsp3) is 0.200. The molecule has 2 N–H and O–H groups in total. The summed E-state index contributed by atoms with van der Waals surface area (Å²) in [4.78, 5) is 0. The number of rotatable bonds is 6. The molecule has 0 heterocycles. The second-order valence-electron chi connectivity index (χ2n) is 5.70. The minimum Gasteiger partial charge on any atom is -0.497 e. The van der Waals surface area contributed by atoms with E-state index in [0.29, 0.717) is 6.54 Å². The summed E-state index contributed by atoms with van der Waals surface area (Å²) in [6.07, 6.45) is -0.550. The van der Waals surface area contributed by atoms with E-state index in [-0.39, 0.29) is 5.88 Å². The molecular formula is C20H20ClNO2. The van der Waals surface area contributed by atoms with Crippen molar-refractivity contribution < 1.29 is 9.84 Å². The number of anilines is 1. The molecule has 0 fully saturated rings. The number of aliphatic hydroxyl groups is 1. The maximum Gasteiger partial charge on any atom is 0.119 e. The van der Waals surface area contributed by atoms with Crippen LogP contribution in [0.15, 0.2) is 60.7 Å². The lowest BCUT2D eigenvalue weighted by atomic mass is 10.0. The van der Waals surface area contributed by atoms with Crippen LogP contribution in [0.4, 0.5) is 5.69 Å². The molecule has 0 aromatic heterocycles. The van der Waals surface area contributed by atoms with E-state index < -0.39 is 6.10 Å². The fourth-order valence-corrected chi connectivity index (χ4v) is 2.74. The quantitative estimate of drug-likeness (QED) is 0.647. The van der Waals surface area contributed by atoms with Crippen LogP contribution in [-0.2, 0) is 0 Å². The van der Waals surface area contributed by atoms with Gasteiger partial charge in [-0.1, -0.05) is 30.3 Å². The Kier molecular flexibility index (Phi) is 5.24. The highest BCUT2D eigenvalue weighted by atomic mass is 35.5. The lowest BCUT2D eigenvalue weighted by Crippen LogP contribution is -2.20. The monoisotopic (exact) mass is 341 g/mol. The van der Waals surface area contributed by atoms with E-state index in [1.54, 1.807) is 7.11 Å². The van der Waals surface area contributed by atoms with Gasteiger partial charge in [-0.2, -0.15) is 0 Å². The third-order valence-electron chi connectivity index (χ3n) is 3.96. The van der Waals surface area contributed by atoms with Crippen LogP contribution in [0.2, 0.25) is 0 Å². The standard InChI is InChI=1S/C20H20ClNO2/c1-24-20-8-7-16-9-15(5-6-17(16)11-20)14-3-2-4-18(10-14)22-13-19(23)12-21/h2-11,19,22-23H,12-13H2,1H3. The first kappa shape index (κ1) is 16.6. The highest BCUT2D eigenvalue weighted by Crippen LogP contribution is 2.28. The molecule has 1 unspecified atom stereocenters. The SMILES string of the molecule is COc1ccc2cc(-c3cccc(NCC(O)CCl)c3)ccc2c1. The maximum absolute atomic E-state index is 9.56. The average Bonchev–Trinajstić information content (AvgIpc) is 2.65. The van der Waals surface area contributed by atoms with Gasteiger partial charge in [0.05, 0.1) is 19.1 Å². The third kappa shape index (κ3) is 3.81. The Bertz CT molecular complexity index is 835. The minimum absolute atomic E-state index is 0.223. The van der Waals surface area contributed by atoms with Crippen molar-refractivity contribution in [2.75, 3.05) is 24.9 Å². The Hall–Kier alpha value is -2.23. The highest BCUT2D eigenvalue weighted by Gasteiger charge is 2.04. The molecular weight excluding hydrogens is 322 g/mol. The predicted octanol–water partition coefficient (Wildman–Crippen LogP) is 4.53. The lowest BCUT2D eigenvalue weighted by Gasteiger charge is -2.12. The number of ether oxygens (including phenoxy) is 1. The number of hydrogen-bond acceptors (Lipinski definition) is 3. The van der Waals surface area contributed by atoms with Gasteiger partial charge in [-0.05, 0) is 52.2 Å². The molecule has 0 radical (unpaired) electrons. The number of benzene rings is 3. The van der Waals surface area contributed by atoms with E-state index in [9.17, 15) is 5.11 Å². The first-order valence-corrected chi connectivity index (χ1v) is 8.39. The van der Waals surface area contributed by atoms with Crippen molar-refractivity contribution in [3.63, 3.8) is 0 Å². The Labute approximate surface area is 146 Å². The molecule has 4 heteroatoms. The normalized spacial score (nSPS) is 12.1. The molecule has 0 aliphatic rings. The van der Waals surface area contributed by atoms with Crippen LogP contribution < -0.4 is 10.1 Å². The Morgan fingerprint density at radius 2 is 1.75 bits per heavy atom. The number of halogens is 1. The van der Waals surface area contributed by atoms with E-state index in [2.05, 4.69) is 41.7 Å². The summed E-state index contributed by atoms with van der Waals surface area (Å²) in [6, 6.07) is 20.6. The summed E-state index contributed by atoms with van der Waals surface area (Å²) in [5.41, 5.74) is 3.23. The smallest absolute Gasteiger partial charge is 0.119 e. The van der Waals surface area contributed by atoms with E-state index in [0.717, 1.165) is 28.0 Å². The Balaban J connectivity index is 1.87. The molecule has 0 saturated carbocycles. The van der Waals surface area contributed by atoms with Gasteiger partial charge in [0.2, 0.25) is 0 Å². The van der Waals surface area contributed by atoms with Crippen molar-refractivity contribution in [1.29, 1.82) is 0 Å². The van der Waals surface area contributed by atoms with Crippen LogP contribution in [0.5, 0.6) is 5.75 Å². The van der Waals surface area contributed by atoms with E-state index in [4.69, 9.17) is 16.3 Å². The van der Waals surface area contributed by atoms with Gasteiger partial charge in [-0.25, -0.2) is 0 Å². The van der Waals surface area contributed by atoms with Crippen LogP contribution in [-0.4, -0.2) is 30.7 Å². The molecule has 0 aliphatic heterocycles. The molecule has 3 nitrogen and oxygen atoms in total.